The average molecular weight is 282 g/mol. The van der Waals surface area contributed by atoms with Crippen molar-refractivity contribution >= 4 is 5.78 Å². The summed E-state index contributed by atoms with van der Waals surface area (Å²) < 4.78 is 0. The fourth-order valence-electron chi connectivity index (χ4n) is 2.61. The van der Waals surface area contributed by atoms with Gasteiger partial charge >= 0.3 is 0 Å². The molecule has 2 rings (SSSR count). The topological polar surface area (TPSA) is 37.3 Å². The first kappa shape index (κ1) is 15.3. The molecule has 0 aliphatic carbocycles. The third-order valence-corrected chi connectivity index (χ3v) is 4.23. The molecule has 0 saturated heterocycles. The van der Waals surface area contributed by atoms with Crippen molar-refractivity contribution in [2.24, 2.45) is 0 Å². The van der Waals surface area contributed by atoms with E-state index >= 15 is 0 Å². The van der Waals surface area contributed by atoms with Gasteiger partial charge in [-0.05, 0) is 43.0 Å². The van der Waals surface area contributed by atoms with Crippen LogP contribution in [0.2, 0.25) is 0 Å². The van der Waals surface area contributed by atoms with Gasteiger partial charge in [0.2, 0.25) is 0 Å². The molecule has 0 fully saturated rings. The van der Waals surface area contributed by atoms with Gasteiger partial charge in [0.15, 0.2) is 5.78 Å². The Morgan fingerprint density at radius 1 is 0.952 bits per heavy atom. The predicted octanol–water partition coefficient (Wildman–Crippen LogP) is 4.54. The van der Waals surface area contributed by atoms with Crippen molar-refractivity contribution in [2.45, 2.75) is 40.0 Å². The summed E-state index contributed by atoms with van der Waals surface area (Å²) in [4.78, 5) is 11.4. The van der Waals surface area contributed by atoms with Crippen LogP contribution >= 0.6 is 0 Å². The number of carbonyl (C=O) groups excluding carboxylic acids is 1. The van der Waals surface area contributed by atoms with Crippen LogP contribution in [-0.2, 0) is 5.41 Å². The maximum Gasteiger partial charge on any atom is 0.159 e. The minimum absolute atomic E-state index is 0.0793. The van der Waals surface area contributed by atoms with Gasteiger partial charge in [0.1, 0.15) is 5.75 Å². The number of phenolic OH excluding ortho intramolecular Hbond substituents is 1. The number of rotatable bonds is 3. The molecule has 0 atom stereocenters. The van der Waals surface area contributed by atoms with Gasteiger partial charge in [-0.15, -0.1) is 0 Å². The molecule has 2 aromatic carbocycles. The zero-order valence-corrected chi connectivity index (χ0v) is 13.3. The first-order valence-electron chi connectivity index (χ1n) is 7.15. The lowest BCUT2D eigenvalue weighted by atomic mass is 9.77. The number of Topliss-reactive ketones (excluding diaryl/α,β-unsaturated/α-hetero) is 1. The smallest absolute Gasteiger partial charge is 0.159 e. The SMILES string of the molecule is CC(=O)c1ccc(C(C)(C)c2cc(C)c(O)c(C)c2)cc1. The molecule has 0 aromatic heterocycles. The fraction of sp³-hybridized carbons (Fsp3) is 0.316. The number of phenols is 1. The number of hydrogen-bond acceptors (Lipinski definition) is 2. The minimum Gasteiger partial charge on any atom is -0.507 e. The first-order chi connectivity index (χ1) is 9.73. The molecule has 0 heterocycles. The molecular weight excluding hydrogens is 260 g/mol. The molecule has 0 radical (unpaired) electrons. The minimum atomic E-state index is -0.182. The lowest BCUT2D eigenvalue weighted by molar-refractivity contribution is 0.101. The largest absolute Gasteiger partial charge is 0.507 e. The summed E-state index contributed by atoms with van der Waals surface area (Å²) in [7, 11) is 0. The highest BCUT2D eigenvalue weighted by Crippen LogP contribution is 2.35. The first-order valence-corrected chi connectivity index (χ1v) is 7.15. The lowest BCUT2D eigenvalue weighted by Crippen LogP contribution is -2.19. The normalized spacial score (nSPS) is 11.5. The third-order valence-electron chi connectivity index (χ3n) is 4.23. The molecular formula is C19H22O2. The van der Waals surface area contributed by atoms with E-state index in [1.54, 1.807) is 6.92 Å². The Bertz CT molecular complexity index is 656. The Morgan fingerprint density at radius 2 is 1.43 bits per heavy atom. The van der Waals surface area contributed by atoms with Crippen LogP contribution in [0.5, 0.6) is 5.75 Å². The molecule has 2 nitrogen and oxygen atoms in total. The molecule has 2 heteroatoms. The zero-order valence-electron chi connectivity index (χ0n) is 13.3. The second-order valence-corrected chi connectivity index (χ2v) is 6.22. The summed E-state index contributed by atoms with van der Waals surface area (Å²) in [6.45, 7) is 9.72. The molecule has 0 aliphatic heterocycles. The second kappa shape index (κ2) is 5.36. The van der Waals surface area contributed by atoms with Gasteiger partial charge in [0.25, 0.3) is 0 Å². The van der Waals surface area contributed by atoms with Crippen LogP contribution in [0.3, 0.4) is 0 Å². The maximum absolute atomic E-state index is 11.4. The molecule has 0 amide bonds. The van der Waals surface area contributed by atoms with E-state index in [1.807, 2.05) is 50.2 Å². The Kier molecular flexibility index (Phi) is 3.91. The number of benzene rings is 2. The molecule has 0 bridgehead atoms. The van der Waals surface area contributed by atoms with Crippen molar-refractivity contribution in [2.75, 3.05) is 0 Å². The van der Waals surface area contributed by atoms with Crippen LogP contribution in [0, 0.1) is 13.8 Å². The number of carbonyl (C=O) groups is 1. The Labute approximate surface area is 126 Å². The van der Waals surface area contributed by atoms with Gasteiger partial charge < -0.3 is 5.11 Å². The van der Waals surface area contributed by atoms with E-state index in [9.17, 15) is 9.90 Å². The van der Waals surface area contributed by atoms with E-state index < -0.39 is 0 Å². The standard InChI is InChI=1S/C19H22O2/c1-12-10-17(11-13(2)18(12)21)19(4,5)16-8-6-15(7-9-16)14(3)20/h6-11,21H,1-5H3. The number of ketones is 1. The molecule has 0 saturated carbocycles. The van der Waals surface area contributed by atoms with Gasteiger partial charge in [-0.25, -0.2) is 0 Å². The highest BCUT2D eigenvalue weighted by Gasteiger charge is 2.24. The number of aromatic hydroxyl groups is 1. The van der Waals surface area contributed by atoms with E-state index in [4.69, 9.17) is 0 Å². The van der Waals surface area contributed by atoms with Crippen LogP contribution in [0.1, 0.15) is 53.4 Å². The Morgan fingerprint density at radius 3 is 1.86 bits per heavy atom. The molecule has 21 heavy (non-hydrogen) atoms. The van der Waals surface area contributed by atoms with Gasteiger partial charge in [-0.1, -0.05) is 50.2 Å². The summed E-state index contributed by atoms with van der Waals surface area (Å²) >= 11 is 0. The fourth-order valence-corrected chi connectivity index (χ4v) is 2.61. The van der Waals surface area contributed by atoms with Crippen molar-refractivity contribution in [3.8, 4) is 5.75 Å². The van der Waals surface area contributed by atoms with Crippen LogP contribution in [0.15, 0.2) is 36.4 Å². The van der Waals surface area contributed by atoms with Crippen molar-refractivity contribution in [3.05, 3.63) is 64.2 Å². The number of hydrogen-bond donors (Lipinski definition) is 1. The van der Waals surface area contributed by atoms with E-state index in [0.29, 0.717) is 5.75 Å². The number of aryl methyl sites for hydroxylation is 2. The van der Waals surface area contributed by atoms with Gasteiger partial charge in [-0.2, -0.15) is 0 Å². The lowest BCUT2D eigenvalue weighted by Gasteiger charge is -2.27. The summed E-state index contributed by atoms with van der Waals surface area (Å²) in [5.41, 5.74) is 4.63. The highest BCUT2D eigenvalue weighted by molar-refractivity contribution is 5.94. The van der Waals surface area contributed by atoms with Gasteiger partial charge in [0.05, 0.1) is 0 Å². The molecule has 2 aromatic rings. The summed E-state index contributed by atoms with van der Waals surface area (Å²) in [6, 6.07) is 11.8. The molecule has 1 N–H and O–H groups in total. The van der Waals surface area contributed by atoms with Crippen LogP contribution in [-0.4, -0.2) is 10.9 Å². The van der Waals surface area contributed by atoms with Crippen molar-refractivity contribution < 1.29 is 9.90 Å². The average Bonchev–Trinajstić information content (AvgIpc) is 2.44. The van der Waals surface area contributed by atoms with E-state index in [0.717, 1.165) is 27.8 Å². The van der Waals surface area contributed by atoms with Gasteiger partial charge in [-0.3, -0.25) is 4.79 Å². The summed E-state index contributed by atoms with van der Waals surface area (Å²) in [6.07, 6.45) is 0. The van der Waals surface area contributed by atoms with Gasteiger partial charge in [0, 0.05) is 11.0 Å². The second-order valence-electron chi connectivity index (χ2n) is 6.22. The summed E-state index contributed by atoms with van der Waals surface area (Å²) in [5.74, 6) is 0.442. The highest BCUT2D eigenvalue weighted by atomic mass is 16.3. The molecule has 0 unspecified atom stereocenters. The van der Waals surface area contributed by atoms with Crippen LogP contribution in [0.4, 0.5) is 0 Å². The Hall–Kier alpha value is -2.09. The monoisotopic (exact) mass is 282 g/mol. The van der Waals surface area contributed by atoms with Crippen LogP contribution < -0.4 is 0 Å². The van der Waals surface area contributed by atoms with E-state index in [2.05, 4.69) is 13.8 Å². The Balaban J connectivity index is 2.48. The van der Waals surface area contributed by atoms with E-state index in [-0.39, 0.29) is 11.2 Å². The van der Waals surface area contributed by atoms with E-state index in [1.165, 1.54) is 0 Å². The molecule has 0 spiro atoms. The predicted molar refractivity (Wildman–Crippen MR) is 86.2 cm³/mol. The molecule has 110 valence electrons. The summed E-state index contributed by atoms with van der Waals surface area (Å²) in [5, 5.41) is 9.93. The third kappa shape index (κ3) is 2.85. The quantitative estimate of drug-likeness (QED) is 0.839. The molecule has 0 aliphatic rings. The van der Waals surface area contributed by atoms with Crippen molar-refractivity contribution in [1.29, 1.82) is 0 Å². The zero-order chi connectivity index (χ0) is 15.8. The van der Waals surface area contributed by atoms with Crippen molar-refractivity contribution in [1.82, 2.24) is 0 Å². The van der Waals surface area contributed by atoms with Crippen LogP contribution in [0.25, 0.3) is 0 Å². The maximum atomic E-state index is 11.4. The van der Waals surface area contributed by atoms with Crippen molar-refractivity contribution in [3.63, 3.8) is 0 Å².